The molecular weight excluding hydrogens is 222 g/mol. The molecule has 1 rings (SSSR count). The van der Waals surface area contributed by atoms with Gasteiger partial charge in [0.25, 0.3) is 0 Å². The lowest BCUT2D eigenvalue weighted by Gasteiger charge is -2.07. The molecule has 0 spiro atoms. The van der Waals surface area contributed by atoms with E-state index in [0.717, 1.165) is 13.0 Å². The lowest BCUT2D eigenvalue weighted by atomic mass is 10.2. The Morgan fingerprint density at radius 2 is 2.41 bits per heavy atom. The summed E-state index contributed by atoms with van der Waals surface area (Å²) < 4.78 is 5.39. The fraction of sp³-hybridized carbons (Fsp3) is 0.636. The van der Waals surface area contributed by atoms with E-state index in [2.05, 4.69) is 15.5 Å². The SMILES string of the molecule is CC(C)OCCCNCc1cn[nH]c1C(=O)O. The van der Waals surface area contributed by atoms with E-state index in [1.807, 2.05) is 13.8 Å². The zero-order chi connectivity index (χ0) is 12.7. The molecule has 1 aromatic rings. The van der Waals surface area contributed by atoms with Gasteiger partial charge in [0.1, 0.15) is 5.69 Å². The third kappa shape index (κ3) is 4.97. The number of hydrogen-bond donors (Lipinski definition) is 3. The van der Waals surface area contributed by atoms with Crippen LogP contribution in [0.3, 0.4) is 0 Å². The number of rotatable bonds is 8. The summed E-state index contributed by atoms with van der Waals surface area (Å²) in [5.74, 6) is -0.984. The standard InChI is InChI=1S/C11H19N3O3/c1-8(2)17-5-3-4-12-6-9-7-13-14-10(9)11(15)16/h7-8,12H,3-6H2,1-2H3,(H,13,14)(H,15,16). The smallest absolute Gasteiger partial charge is 0.354 e. The second-order valence-corrected chi connectivity index (χ2v) is 4.03. The van der Waals surface area contributed by atoms with Crippen LogP contribution in [0.1, 0.15) is 36.3 Å². The Balaban J connectivity index is 2.18. The molecule has 1 heterocycles. The maximum Gasteiger partial charge on any atom is 0.354 e. The van der Waals surface area contributed by atoms with Crippen LogP contribution in [-0.2, 0) is 11.3 Å². The van der Waals surface area contributed by atoms with Crippen molar-refractivity contribution < 1.29 is 14.6 Å². The van der Waals surface area contributed by atoms with E-state index < -0.39 is 5.97 Å². The number of aromatic amines is 1. The minimum atomic E-state index is -0.984. The number of carbonyl (C=O) groups is 1. The van der Waals surface area contributed by atoms with Crippen molar-refractivity contribution in [3.63, 3.8) is 0 Å². The minimum Gasteiger partial charge on any atom is -0.477 e. The number of nitrogens with zero attached hydrogens (tertiary/aromatic N) is 1. The summed E-state index contributed by atoms with van der Waals surface area (Å²) in [5.41, 5.74) is 0.818. The number of carboxylic acid groups (broad SMARTS) is 1. The van der Waals surface area contributed by atoms with E-state index in [4.69, 9.17) is 9.84 Å². The molecule has 96 valence electrons. The van der Waals surface area contributed by atoms with Crippen molar-refractivity contribution >= 4 is 5.97 Å². The second-order valence-electron chi connectivity index (χ2n) is 4.03. The Bertz CT molecular complexity index is 349. The number of hydrogen-bond acceptors (Lipinski definition) is 4. The lowest BCUT2D eigenvalue weighted by Crippen LogP contribution is -2.18. The number of H-pyrrole nitrogens is 1. The van der Waals surface area contributed by atoms with Gasteiger partial charge in [-0.15, -0.1) is 0 Å². The number of aromatic carboxylic acids is 1. The molecule has 0 aliphatic carbocycles. The summed E-state index contributed by atoms with van der Waals surface area (Å²) in [6.07, 6.45) is 2.68. The number of aromatic nitrogens is 2. The van der Waals surface area contributed by atoms with Gasteiger partial charge in [-0.05, 0) is 26.8 Å². The first-order valence-corrected chi connectivity index (χ1v) is 5.69. The average Bonchev–Trinajstić information content (AvgIpc) is 2.71. The van der Waals surface area contributed by atoms with Crippen LogP contribution in [0, 0.1) is 0 Å². The monoisotopic (exact) mass is 241 g/mol. The first-order valence-electron chi connectivity index (χ1n) is 5.69. The summed E-state index contributed by atoms with van der Waals surface area (Å²) in [5, 5.41) is 18.2. The molecule has 0 aromatic carbocycles. The van der Waals surface area contributed by atoms with Crippen molar-refractivity contribution in [2.75, 3.05) is 13.2 Å². The topological polar surface area (TPSA) is 87.2 Å². The Morgan fingerprint density at radius 1 is 1.65 bits per heavy atom. The van der Waals surface area contributed by atoms with Crippen LogP contribution in [-0.4, -0.2) is 40.5 Å². The summed E-state index contributed by atoms with van der Waals surface area (Å²) in [7, 11) is 0. The van der Waals surface area contributed by atoms with Crippen molar-refractivity contribution in [2.24, 2.45) is 0 Å². The van der Waals surface area contributed by atoms with Crippen molar-refractivity contribution in [1.82, 2.24) is 15.5 Å². The van der Waals surface area contributed by atoms with Gasteiger partial charge in [0.05, 0.1) is 12.3 Å². The lowest BCUT2D eigenvalue weighted by molar-refractivity contribution is 0.0688. The van der Waals surface area contributed by atoms with E-state index in [0.29, 0.717) is 18.7 Å². The van der Waals surface area contributed by atoms with E-state index in [9.17, 15) is 4.79 Å². The van der Waals surface area contributed by atoms with Crippen LogP contribution in [0.4, 0.5) is 0 Å². The first kappa shape index (κ1) is 13.7. The van der Waals surface area contributed by atoms with Gasteiger partial charge in [0.15, 0.2) is 0 Å². The van der Waals surface area contributed by atoms with E-state index in [1.54, 1.807) is 0 Å². The van der Waals surface area contributed by atoms with Gasteiger partial charge in [0, 0.05) is 18.7 Å². The van der Waals surface area contributed by atoms with Crippen LogP contribution in [0.5, 0.6) is 0 Å². The molecule has 0 fully saturated rings. The van der Waals surface area contributed by atoms with E-state index >= 15 is 0 Å². The summed E-state index contributed by atoms with van der Waals surface area (Å²) in [4.78, 5) is 10.8. The average molecular weight is 241 g/mol. The highest BCUT2D eigenvalue weighted by molar-refractivity contribution is 5.86. The zero-order valence-corrected chi connectivity index (χ0v) is 10.2. The van der Waals surface area contributed by atoms with E-state index in [1.165, 1.54) is 6.20 Å². The summed E-state index contributed by atoms with van der Waals surface area (Å²) in [6.45, 7) is 5.99. The van der Waals surface area contributed by atoms with Crippen molar-refractivity contribution in [1.29, 1.82) is 0 Å². The number of nitrogens with one attached hydrogen (secondary N) is 2. The van der Waals surface area contributed by atoms with Crippen LogP contribution < -0.4 is 5.32 Å². The first-order chi connectivity index (χ1) is 8.11. The van der Waals surface area contributed by atoms with Crippen molar-refractivity contribution in [3.05, 3.63) is 17.5 Å². The molecule has 6 nitrogen and oxygen atoms in total. The van der Waals surface area contributed by atoms with Crippen LogP contribution in [0.15, 0.2) is 6.20 Å². The van der Waals surface area contributed by atoms with Crippen LogP contribution in [0.2, 0.25) is 0 Å². The fourth-order valence-electron chi connectivity index (χ4n) is 1.37. The molecule has 0 bridgehead atoms. The molecule has 0 amide bonds. The Hall–Kier alpha value is -1.40. The predicted molar refractivity (Wildman–Crippen MR) is 63.0 cm³/mol. The number of carboxylic acids is 1. The highest BCUT2D eigenvalue weighted by atomic mass is 16.5. The zero-order valence-electron chi connectivity index (χ0n) is 10.2. The predicted octanol–water partition coefficient (Wildman–Crippen LogP) is 1.01. The molecule has 0 aliphatic rings. The second kappa shape index (κ2) is 7.03. The number of ether oxygens (including phenoxy) is 1. The molecule has 3 N–H and O–H groups in total. The molecular formula is C11H19N3O3. The normalized spacial score (nSPS) is 11.0. The van der Waals surface area contributed by atoms with Gasteiger partial charge in [-0.1, -0.05) is 0 Å². The van der Waals surface area contributed by atoms with E-state index in [-0.39, 0.29) is 11.8 Å². The molecule has 0 saturated heterocycles. The Labute approximate surface area is 100 Å². The Morgan fingerprint density at radius 3 is 3.06 bits per heavy atom. The Kier molecular flexibility index (Phi) is 5.65. The van der Waals surface area contributed by atoms with Gasteiger partial charge >= 0.3 is 5.97 Å². The van der Waals surface area contributed by atoms with Crippen molar-refractivity contribution in [2.45, 2.75) is 32.9 Å². The van der Waals surface area contributed by atoms with Gasteiger partial charge in [-0.3, -0.25) is 5.10 Å². The quantitative estimate of drug-likeness (QED) is 0.591. The summed E-state index contributed by atoms with van der Waals surface area (Å²) in [6, 6.07) is 0. The molecule has 0 aliphatic heterocycles. The van der Waals surface area contributed by atoms with Crippen LogP contribution >= 0.6 is 0 Å². The molecule has 0 atom stereocenters. The van der Waals surface area contributed by atoms with Crippen LogP contribution in [0.25, 0.3) is 0 Å². The summed E-state index contributed by atoms with van der Waals surface area (Å²) >= 11 is 0. The van der Waals surface area contributed by atoms with Gasteiger partial charge in [-0.2, -0.15) is 5.10 Å². The molecule has 0 saturated carbocycles. The van der Waals surface area contributed by atoms with Gasteiger partial charge in [0.2, 0.25) is 0 Å². The molecule has 0 radical (unpaired) electrons. The van der Waals surface area contributed by atoms with Gasteiger partial charge in [-0.25, -0.2) is 4.79 Å². The maximum atomic E-state index is 10.8. The minimum absolute atomic E-state index is 0.149. The fourth-order valence-corrected chi connectivity index (χ4v) is 1.37. The van der Waals surface area contributed by atoms with Crippen molar-refractivity contribution in [3.8, 4) is 0 Å². The van der Waals surface area contributed by atoms with Gasteiger partial charge < -0.3 is 15.2 Å². The highest BCUT2D eigenvalue weighted by Gasteiger charge is 2.11. The largest absolute Gasteiger partial charge is 0.477 e. The third-order valence-electron chi connectivity index (χ3n) is 2.20. The molecule has 17 heavy (non-hydrogen) atoms. The highest BCUT2D eigenvalue weighted by Crippen LogP contribution is 2.03. The third-order valence-corrected chi connectivity index (χ3v) is 2.20. The molecule has 6 heteroatoms. The molecule has 0 unspecified atom stereocenters. The molecule has 1 aromatic heterocycles. The maximum absolute atomic E-state index is 10.8.